The van der Waals surface area contributed by atoms with Gasteiger partial charge < -0.3 is 34.2 Å². The summed E-state index contributed by atoms with van der Waals surface area (Å²) in [6.45, 7) is 11.3. The molecule has 1 aromatic carbocycles. The van der Waals surface area contributed by atoms with E-state index in [1.54, 1.807) is 27.7 Å². The Bertz CT molecular complexity index is 1350. The summed E-state index contributed by atoms with van der Waals surface area (Å²) in [5.41, 5.74) is -0.958. The molecular formula is C29H39N5O8. The largest absolute Gasteiger partial charge is 0.454 e. The summed E-state index contributed by atoms with van der Waals surface area (Å²) in [6.07, 6.45) is 0.391. The smallest absolute Gasteiger partial charge is 0.407 e. The molecule has 0 spiro atoms. The van der Waals surface area contributed by atoms with Crippen LogP contribution in [0.1, 0.15) is 76.5 Å². The SMILES string of the molecule is COC(=O)N[C@H](C(=O)N1CCC[C@H]1C(=O)NCC(C)(C)C(=O)c1nnc(C(C)(C)c2ccc3c(c2)OCO3)o1)C(C)C. The van der Waals surface area contributed by atoms with Crippen molar-refractivity contribution in [2.45, 2.75) is 71.9 Å². The monoisotopic (exact) mass is 585 g/mol. The number of amides is 3. The maximum Gasteiger partial charge on any atom is 0.407 e. The quantitative estimate of drug-likeness (QED) is 0.397. The summed E-state index contributed by atoms with van der Waals surface area (Å²) in [6, 6.07) is 3.98. The van der Waals surface area contributed by atoms with Gasteiger partial charge in [-0.3, -0.25) is 14.4 Å². The number of carbonyl (C=O) groups is 4. The molecule has 2 aliphatic rings. The molecule has 0 unspecified atom stereocenters. The number of fused-ring (bicyclic) bond motifs is 1. The van der Waals surface area contributed by atoms with E-state index in [1.165, 1.54) is 12.0 Å². The highest BCUT2D eigenvalue weighted by Gasteiger charge is 2.41. The predicted molar refractivity (Wildman–Crippen MR) is 149 cm³/mol. The molecule has 4 rings (SSSR count). The van der Waals surface area contributed by atoms with Crippen LogP contribution in [0.2, 0.25) is 0 Å². The van der Waals surface area contributed by atoms with Crippen molar-refractivity contribution in [2.75, 3.05) is 27.0 Å². The van der Waals surface area contributed by atoms with Crippen LogP contribution in [0.15, 0.2) is 22.6 Å². The summed E-state index contributed by atoms with van der Waals surface area (Å²) in [4.78, 5) is 53.1. The van der Waals surface area contributed by atoms with Crippen molar-refractivity contribution in [2.24, 2.45) is 11.3 Å². The summed E-state index contributed by atoms with van der Waals surface area (Å²) < 4.78 is 21.4. The molecule has 0 bridgehead atoms. The molecule has 1 saturated heterocycles. The van der Waals surface area contributed by atoms with Crippen molar-refractivity contribution >= 4 is 23.7 Å². The third-order valence-electron chi connectivity index (χ3n) is 7.80. The third kappa shape index (κ3) is 6.19. The number of carbonyl (C=O) groups excluding carboxylic acids is 4. The fraction of sp³-hybridized carbons (Fsp3) is 0.586. The van der Waals surface area contributed by atoms with Gasteiger partial charge in [-0.05, 0) is 50.3 Å². The molecule has 13 heteroatoms. The average molecular weight is 586 g/mol. The standard InChI is InChI=1S/C29H39N5O8/c1-16(2)21(31-27(38)39-7)25(37)34-12-8-9-18(34)23(36)30-14-28(3,4)22(35)24-32-33-26(42-24)29(5,6)17-10-11-19-20(13-17)41-15-40-19/h10-11,13,16,18,21H,8-9,12,14-15H2,1-7H3,(H,30,36)(H,31,38)/t18-,21-/m0/s1. The number of Topliss-reactive ketones (excluding diaryl/α,β-unsaturated/α-hetero) is 1. The maximum atomic E-state index is 13.4. The minimum atomic E-state index is -1.08. The molecule has 3 amide bonds. The maximum absolute atomic E-state index is 13.4. The Morgan fingerprint density at radius 2 is 1.81 bits per heavy atom. The molecule has 0 saturated carbocycles. The molecule has 2 N–H and O–H groups in total. The minimum absolute atomic E-state index is 0.0134. The Morgan fingerprint density at radius 3 is 2.50 bits per heavy atom. The molecule has 228 valence electrons. The van der Waals surface area contributed by atoms with E-state index >= 15 is 0 Å². The number of nitrogens with one attached hydrogen (secondary N) is 2. The topological polar surface area (TPSA) is 162 Å². The molecule has 3 heterocycles. The zero-order valence-electron chi connectivity index (χ0n) is 25.1. The number of ketones is 1. The van der Waals surface area contributed by atoms with Crippen LogP contribution in [0.4, 0.5) is 4.79 Å². The molecule has 1 fully saturated rings. The number of likely N-dealkylation sites (tertiary alicyclic amines) is 1. The lowest BCUT2D eigenvalue weighted by Gasteiger charge is -2.31. The minimum Gasteiger partial charge on any atom is -0.454 e. The summed E-state index contributed by atoms with van der Waals surface area (Å²) >= 11 is 0. The van der Waals surface area contributed by atoms with Gasteiger partial charge in [0.25, 0.3) is 5.89 Å². The number of ether oxygens (including phenoxy) is 3. The number of rotatable bonds is 10. The molecule has 2 aromatic rings. The Balaban J connectivity index is 1.40. The van der Waals surface area contributed by atoms with Gasteiger partial charge in [0, 0.05) is 13.1 Å². The molecule has 0 radical (unpaired) electrons. The highest BCUT2D eigenvalue weighted by atomic mass is 16.7. The number of methoxy groups -OCH3 is 1. The lowest BCUT2D eigenvalue weighted by molar-refractivity contribution is -0.140. The summed E-state index contributed by atoms with van der Waals surface area (Å²) in [5, 5.41) is 13.6. The molecule has 13 nitrogen and oxygen atoms in total. The summed E-state index contributed by atoms with van der Waals surface area (Å²) in [5.74, 6) is -0.00681. The fourth-order valence-corrected chi connectivity index (χ4v) is 4.95. The van der Waals surface area contributed by atoms with Gasteiger partial charge in [-0.15, -0.1) is 10.2 Å². The fourth-order valence-electron chi connectivity index (χ4n) is 4.95. The van der Waals surface area contributed by atoms with E-state index in [9.17, 15) is 19.2 Å². The van der Waals surface area contributed by atoms with Crippen molar-refractivity contribution in [3.8, 4) is 11.5 Å². The first-order valence-electron chi connectivity index (χ1n) is 14.0. The Labute approximate surface area is 244 Å². The second-order valence-corrected chi connectivity index (χ2v) is 12.1. The van der Waals surface area contributed by atoms with Gasteiger partial charge in [-0.2, -0.15) is 0 Å². The number of nitrogens with zero attached hydrogens (tertiary/aromatic N) is 3. The second kappa shape index (κ2) is 12.0. The van der Waals surface area contributed by atoms with Crippen molar-refractivity contribution in [1.29, 1.82) is 0 Å². The van der Waals surface area contributed by atoms with Crippen molar-refractivity contribution in [1.82, 2.24) is 25.7 Å². The van der Waals surface area contributed by atoms with E-state index in [0.717, 1.165) is 5.56 Å². The Morgan fingerprint density at radius 1 is 1.10 bits per heavy atom. The summed E-state index contributed by atoms with van der Waals surface area (Å²) in [7, 11) is 1.22. The van der Waals surface area contributed by atoms with Crippen molar-refractivity contribution < 1.29 is 37.8 Å². The van der Waals surface area contributed by atoms with E-state index in [-0.39, 0.29) is 42.9 Å². The van der Waals surface area contributed by atoms with Crippen LogP contribution in [0.25, 0.3) is 0 Å². The molecule has 0 aliphatic carbocycles. The lowest BCUT2D eigenvalue weighted by Crippen LogP contribution is -2.55. The predicted octanol–water partition coefficient (Wildman–Crippen LogP) is 2.82. The normalized spacial score (nSPS) is 17.2. The first-order chi connectivity index (χ1) is 19.8. The molecule has 2 aliphatic heterocycles. The second-order valence-electron chi connectivity index (χ2n) is 12.1. The first kappa shape index (κ1) is 30.8. The third-order valence-corrected chi connectivity index (χ3v) is 7.80. The van der Waals surface area contributed by atoms with E-state index in [1.807, 2.05) is 32.0 Å². The van der Waals surface area contributed by atoms with Crippen LogP contribution in [0, 0.1) is 11.3 Å². The van der Waals surface area contributed by atoms with Crippen LogP contribution in [-0.2, 0) is 19.7 Å². The molecular weight excluding hydrogens is 546 g/mol. The van der Waals surface area contributed by atoms with Gasteiger partial charge >= 0.3 is 6.09 Å². The molecule has 42 heavy (non-hydrogen) atoms. The zero-order chi connectivity index (χ0) is 30.8. The first-order valence-corrected chi connectivity index (χ1v) is 14.0. The molecule has 2 atom stereocenters. The molecule has 1 aromatic heterocycles. The van der Waals surface area contributed by atoms with Crippen molar-refractivity contribution in [3.63, 3.8) is 0 Å². The number of benzene rings is 1. The number of alkyl carbamates (subject to hydrolysis) is 1. The van der Waals surface area contributed by atoms with Gasteiger partial charge in [-0.25, -0.2) is 4.79 Å². The van der Waals surface area contributed by atoms with Gasteiger partial charge in [0.2, 0.25) is 30.3 Å². The highest BCUT2D eigenvalue weighted by molar-refractivity contribution is 5.97. The van der Waals surface area contributed by atoms with E-state index in [0.29, 0.717) is 30.9 Å². The number of hydrogen-bond acceptors (Lipinski definition) is 10. The average Bonchev–Trinajstić information content (AvgIpc) is 3.74. The zero-order valence-corrected chi connectivity index (χ0v) is 25.1. The Hall–Kier alpha value is -4.16. The van der Waals surface area contributed by atoms with Crippen molar-refractivity contribution in [3.05, 3.63) is 35.5 Å². The Kier molecular flexibility index (Phi) is 8.79. The van der Waals surface area contributed by atoms with Crippen LogP contribution >= 0.6 is 0 Å². The van der Waals surface area contributed by atoms with Crippen LogP contribution < -0.4 is 20.1 Å². The van der Waals surface area contributed by atoms with Crippen LogP contribution in [0.3, 0.4) is 0 Å². The van der Waals surface area contributed by atoms with E-state index in [2.05, 4.69) is 25.6 Å². The van der Waals surface area contributed by atoms with Gasteiger partial charge in [0.15, 0.2) is 11.5 Å². The van der Waals surface area contributed by atoms with Gasteiger partial charge in [-0.1, -0.05) is 33.8 Å². The van der Waals surface area contributed by atoms with Gasteiger partial charge in [0.05, 0.1) is 17.9 Å². The number of aromatic nitrogens is 2. The van der Waals surface area contributed by atoms with E-state index < -0.39 is 34.8 Å². The number of hydrogen-bond donors (Lipinski definition) is 2. The van der Waals surface area contributed by atoms with Crippen LogP contribution in [0.5, 0.6) is 11.5 Å². The van der Waals surface area contributed by atoms with E-state index in [4.69, 9.17) is 13.9 Å². The highest BCUT2D eigenvalue weighted by Crippen LogP contribution is 2.39. The van der Waals surface area contributed by atoms with Gasteiger partial charge in [0.1, 0.15) is 12.1 Å². The van der Waals surface area contributed by atoms with Crippen LogP contribution in [-0.4, -0.2) is 77.9 Å². The lowest BCUT2D eigenvalue weighted by atomic mass is 9.84.